The molecule has 3 N–H and O–H groups in total. The highest BCUT2D eigenvalue weighted by Crippen LogP contribution is 2.46. The minimum absolute atomic E-state index is 0.0155. The predicted molar refractivity (Wildman–Crippen MR) is 134 cm³/mol. The smallest absolute Gasteiger partial charge is 0.340 e. The average molecular weight is 534 g/mol. The van der Waals surface area contributed by atoms with Crippen molar-refractivity contribution in [3.05, 3.63) is 47.8 Å². The maximum atomic E-state index is 13.5. The number of hydrogen-bond donors (Lipinski definition) is 3. The maximum absolute atomic E-state index is 13.5. The zero-order valence-electron chi connectivity index (χ0n) is 20.1. The third-order valence-electron chi connectivity index (χ3n) is 6.95. The summed E-state index contributed by atoms with van der Waals surface area (Å²) in [5, 5.41) is 30.3. The summed E-state index contributed by atoms with van der Waals surface area (Å²) in [6.07, 6.45) is 3.64. The number of rotatable bonds is 11. The number of carbonyl (C=O) groups is 1. The van der Waals surface area contributed by atoms with Crippen LogP contribution in [0.4, 0.5) is 10.1 Å². The fraction of sp³-hybridized carbons (Fsp3) is 0.423. The maximum Gasteiger partial charge on any atom is 0.340 e. The van der Waals surface area contributed by atoms with E-state index in [2.05, 4.69) is 0 Å². The Bertz CT molecular complexity index is 1430. The first kappa shape index (κ1) is 25.5. The minimum Gasteiger partial charge on any atom is -0.486 e. The van der Waals surface area contributed by atoms with Crippen LogP contribution in [0.5, 0.6) is 5.75 Å². The van der Waals surface area contributed by atoms with E-state index in [0.717, 1.165) is 36.2 Å². The number of carboxylic acid groups (broad SMARTS) is 1. The standard InChI is InChI=1S/C26H28FNO8S/c1-37(33,34)28(20(12-29)14-2-3-14)19-11-21-18(10-22(19)35-23(13-30)15-4-5-15)24(26(31)32)25(36-21)16-6-8-17(27)9-7-16/h6-11,14-15,20,23,29-30H,2-5,12-13H2,1H3,(H,31,32). The Morgan fingerprint density at radius 1 is 1.11 bits per heavy atom. The summed E-state index contributed by atoms with van der Waals surface area (Å²) in [4.78, 5) is 12.3. The van der Waals surface area contributed by atoms with E-state index in [1.807, 2.05) is 0 Å². The SMILES string of the molecule is CS(=O)(=O)N(c1cc2oc(-c3ccc(F)cc3)c(C(=O)O)c2cc1OC(CO)C1CC1)C(CO)C1CC1. The number of ether oxygens (including phenoxy) is 1. The molecule has 11 heteroatoms. The number of aromatic carboxylic acids is 1. The molecule has 0 aliphatic heterocycles. The van der Waals surface area contributed by atoms with Crippen LogP contribution in [0.1, 0.15) is 36.0 Å². The molecule has 2 saturated carbocycles. The summed E-state index contributed by atoms with van der Waals surface area (Å²) in [6.45, 7) is -0.717. The van der Waals surface area contributed by atoms with Gasteiger partial charge in [0, 0.05) is 17.0 Å². The lowest BCUT2D eigenvalue weighted by Crippen LogP contribution is -2.44. The number of aliphatic hydroxyl groups excluding tert-OH is 2. The van der Waals surface area contributed by atoms with E-state index >= 15 is 0 Å². The summed E-state index contributed by atoms with van der Waals surface area (Å²) in [6, 6.07) is 7.22. The third-order valence-corrected chi connectivity index (χ3v) is 8.13. The molecule has 1 aromatic heterocycles. The highest BCUT2D eigenvalue weighted by Gasteiger charge is 2.41. The van der Waals surface area contributed by atoms with Crippen molar-refractivity contribution in [1.29, 1.82) is 0 Å². The molecule has 3 aromatic rings. The normalized spacial score (nSPS) is 17.5. The van der Waals surface area contributed by atoms with E-state index in [1.165, 1.54) is 36.4 Å². The van der Waals surface area contributed by atoms with Gasteiger partial charge in [-0.05, 0) is 67.9 Å². The molecule has 2 fully saturated rings. The Hall–Kier alpha value is -3.15. The predicted octanol–water partition coefficient (Wildman–Crippen LogP) is 3.62. The van der Waals surface area contributed by atoms with Crippen LogP contribution in [0.25, 0.3) is 22.3 Å². The van der Waals surface area contributed by atoms with Crippen LogP contribution < -0.4 is 9.04 Å². The lowest BCUT2D eigenvalue weighted by atomic mass is 10.0. The van der Waals surface area contributed by atoms with Gasteiger partial charge in [0.2, 0.25) is 10.0 Å². The molecule has 5 rings (SSSR count). The summed E-state index contributed by atoms with van der Waals surface area (Å²) in [5.74, 6) is -1.68. The first-order valence-electron chi connectivity index (χ1n) is 12.1. The van der Waals surface area contributed by atoms with Crippen molar-refractivity contribution in [3.63, 3.8) is 0 Å². The zero-order chi connectivity index (χ0) is 26.5. The van der Waals surface area contributed by atoms with Crippen molar-refractivity contribution in [2.75, 3.05) is 23.8 Å². The fourth-order valence-electron chi connectivity index (χ4n) is 4.81. The molecule has 0 radical (unpaired) electrons. The Kier molecular flexibility index (Phi) is 6.63. The van der Waals surface area contributed by atoms with Gasteiger partial charge >= 0.3 is 5.97 Å². The van der Waals surface area contributed by atoms with E-state index in [1.54, 1.807) is 0 Å². The number of hydrogen-bond acceptors (Lipinski definition) is 7. The van der Waals surface area contributed by atoms with Crippen molar-refractivity contribution in [2.24, 2.45) is 11.8 Å². The van der Waals surface area contributed by atoms with Crippen molar-refractivity contribution in [1.82, 2.24) is 0 Å². The van der Waals surface area contributed by atoms with Crippen LogP contribution >= 0.6 is 0 Å². The molecule has 0 saturated heterocycles. The molecule has 0 spiro atoms. The van der Waals surface area contributed by atoms with Gasteiger partial charge in [0.15, 0.2) is 0 Å². The summed E-state index contributed by atoms with van der Waals surface area (Å²) >= 11 is 0. The van der Waals surface area contributed by atoms with Gasteiger partial charge in [0.05, 0.1) is 31.2 Å². The van der Waals surface area contributed by atoms with Crippen LogP contribution in [-0.4, -0.2) is 61.3 Å². The molecule has 2 aromatic carbocycles. The number of furan rings is 1. The van der Waals surface area contributed by atoms with Gasteiger partial charge in [-0.25, -0.2) is 17.6 Å². The Morgan fingerprint density at radius 3 is 2.27 bits per heavy atom. The van der Waals surface area contributed by atoms with Gasteiger partial charge in [-0.2, -0.15) is 0 Å². The third kappa shape index (κ3) is 5.03. The summed E-state index contributed by atoms with van der Waals surface area (Å²) in [5.41, 5.74) is 0.330. The van der Waals surface area contributed by atoms with Gasteiger partial charge in [0.25, 0.3) is 0 Å². The summed E-state index contributed by atoms with van der Waals surface area (Å²) in [7, 11) is -3.92. The van der Waals surface area contributed by atoms with Crippen LogP contribution in [0.15, 0.2) is 40.8 Å². The van der Waals surface area contributed by atoms with Gasteiger partial charge in [0.1, 0.15) is 34.6 Å². The van der Waals surface area contributed by atoms with E-state index in [9.17, 15) is 32.9 Å². The summed E-state index contributed by atoms with van der Waals surface area (Å²) < 4.78 is 52.8. The number of carboxylic acids is 1. The van der Waals surface area contributed by atoms with Crippen LogP contribution in [0.2, 0.25) is 0 Å². The van der Waals surface area contributed by atoms with E-state index in [-0.39, 0.29) is 52.2 Å². The Morgan fingerprint density at radius 2 is 1.76 bits per heavy atom. The van der Waals surface area contributed by atoms with Gasteiger partial charge in [-0.15, -0.1) is 0 Å². The second kappa shape index (κ2) is 9.62. The minimum atomic E-state index is -3.92. The van der Waals surface area contributed by atoms with Crippen LogP contribution in [0, 0.1) is 17.7 Å². The highest BCUT2D eigenvalue weighted by atomic mass is 32.2. The van der Waals surface area contributed by atoms with Crippen molar-refractivity contribution in [2.45, 2.75) is 37.8 Å². The number of fused-ring (bicyclic) bond motifs is 1. The van der Waals surface area contributed by atoms with E-state index < -0.39 is 40.6 Å². The molecule has 1 heterocycles. The quantitative estimate of drug-likeness (QED) is 0.340. The molecular formula is C26H28FNO8S. The number of sulfonamides is 1. The lowest BCUT2D eigenvalue weighted by Gasteiger charge is -2.32. The van der Waals surface area contributed by atoms with Gasteiger partial charge in [-0.3, -0.25) is 4.31 Å². The Balaban J connectivity index is 1.74. The molecule has 198 valence electrons. The first-order valence-corrected chi connectivity index (χ1v) is 13.9. The first-order chi connectivity index (χ1) is 17.6. The molecule has 37 heavy (non-hydrogen) atoms. The lowest BCUT2D eigenvalue weighted by molar-refractivity contribution is 0.0699. The second-order valence-corrected chi connectivity index (χ2v) is 11.6. The topological polar surface area (TPSA) is 138 Å². The monoisotopic (exact) mass is 533 g/mol. The largest absolute Gasteiger partial charge is 0.486 e. The van der Waals surface area contributed by atoms with Crippen molar-refractivity contribution in [3.8, 4) is 17.1 Å². The molecule has 2 atom stereocenters. The van der Waals surface area contributed by atoms with E-state index in [0.29, 0.717) is 5.56 Å². The van der Waals surface area contributed by atoms with Gasteiger partial charge < -0.3 is 24.5 Å². The number of benzene rings is 2. The number of halogens is 1. The van der Waals surface area contributed by atoms with Crippen molar-refractivity contribution < 1.29 is 42.1 Å². The average Bonchev–Trinajstić information content (AvgIpc) is 3.77. The molecule has 2 aliphatic carbocycles. The molecule has 2 unspecified atom stereocenters. The second-order valence-electron chi connectivity index (χ2n) is 9.76. The number of nitrogens with zero attached hydrogens (tertiary/aromatic N) is 1. The zero-order valence-corrected chi connectivity index (χ0v) is 20.9. The Labute approximate surface area is 213 Å². The van der Waals surface area contributed by atoms with Crippen LogP contribution in [-0.2, 0) is 10.0 Å². The molecule has 9 nitrogen and oxygen atoms in total. The number of aliphatic hydroxyl groups is 2. The molecular weight excluding hydrogens is 505 g/mol. The molecule has 0 bridgehead atoms. The molecule has 2 aliphatic rings. The van der Waals surface area contributed by atoms with E-state index in [4.69, 9.17) is 9.15 Å². The van der Waals surface area contributed by atoms with Crippen molar-refractivity contribution >= 4 is 32.6 Å². The highest BCUT2D eigenvalue weighted by molar-refractivity contribution is 7.92. The van der Waals surface area contributed by atoms with Gasteiger partial charge in [-0.1, -0.05) is 0 Å². The molecule has 0 amide bonds. The van der Waals surface area contributed by atoms with Crippen LogP contribution in [0.3, 0.4) is 0 Å². The number of anilines is 1. The fourth-order valence-corrected chi connectivity index (χ4v) is 6.04.